The molecule has 2 rings (SSSR count). The number of rotatable bonds is 4. The molecular formula is C16H21NO3. The first-order valence-electron chi connectivity index (χ1n) is 7.24. The Kier molecular flexibility index (Phi) is 4.77. The van der Waals surface area contributed by atoms with Gasteiger partial charge in [0, 0.05) is 18.7 Å². The number of piperidine rings is 1. The van der Waals surface area contributed by atoms with Gasteiger partial charge in [-0.05, 0) is 49.4 Å². The Morgan fingerprint density at radius 1 is 1.25 bits per heavy atom. The summed E-state index contributed by atoms with van der Waals surface area (Å²) in [6, 6.07) is 6.19. The Hall–Kier alpha value is -1.84. The molecule has 1 unspecified atom stereocenters. The van der Waals surface area contributed by atoms with Crippen LogP contribution in [0.3, 0.4) is 0 Å². The van der Waals surface area contributed by atoms with Crippen molar-refractivity contribution in [2.75, 3.05) is 13.1 Å². The van der Waals surface area contributed by atoms with Crippen LogP contribution in [-0.2, 0) is 0 Å². The van der Waals surface area contributed by atoms with Gasteiger partial charge in [-0.25, -0.2) is 4.79 Å². The Labute approximate surface area is 119 Å². The van der Waals surface area contributed by atoms with Crippen molar-refractivity contribution in [1.82, 2.24) is 4.90 Å². The summed E-state index contributed by atoms with van der Waals surface area (Å²) >= 11 is 0. The van der Waals surface area contributed by atoms with Gasteiger partial charge >= 0.3 is 5.97 Å². The van der Waals surface area contributed by atoms with E-state index in [4.69, 9.17) is 5.11 Å². The first kappa shape index (κ1) is 14.6. The number of hydrogen-bond acceptors (Lipinski definition) is 2. The second-order valence-corrected chi connectivity index (χ2v) is 5.43. The zero-order valence-corrected chi connectivity index (χ0v) is 11.8. The van der Waals surface area contributed by atoms with Crippen LogP contribution in [0.25, 0.3) is 0 Å². The highest BCUT2D eigenvalue weighted by molar-refractivity contribution is 5.95. The summed E-state index contributed by atoms with van der Waals surface area (Å²) in [5.41, 5.74) is 0.788. The average Bonchev–Trinajstić information content (AvgIpc) is 2.47. The number of hydrogen-bond donors (Lipinski definition) is 1. The van der Waals surface area contributed by atoms with E-state index in [-0.39, 0.29) is 11.5 Å². The summed E-state index contributed by atoms with van der Waals surface area (Å²) in [6.45, 7) is 3.80. The lowest BCUT2D eigenvalue weighted by Crippen LogP contribution is -2.39. The molecule has 1 heterocycles. The largest absolute Gasteiger partial charge is 0.478 e. The van der Waals surface area contributed by atoms with Crippen LogP contribution in [0.1, 0.15) is 53.3 Å². The lowest BCUT2D eigenvalue weighted by molar-refractivity contribution is 0.0662. The number of nitrogens with zero attached hydrogens (tertiary/aromatic N) is 1. The van der Waals surface area contributed by atoms with Crippen LogP contribution in [0.15, 0.2) is 24.3 Å². The number of carboxylic acid groups (broad SMARTS) is 1. The molecule has 1 aromatic rings. The van der Waals surface area contributed by atoms with Crippen LogP contribution in [0.5, 0.6) is 0 Å². The molecule has 1 aliphatic heterocycles. The minimum absolute atomic E-state index is 0.0164. The van der Waals surface area contributed by atoms with Crippen molar-refractivity contribution >= 4 is 11.9 Å². The molecule has 4 heteroatoms. The van der Waals surface area contributed by atoms with E-state index in [2.05, 4.69) is 6.92 Å². The van der Waals surface area contributed by atoms with E-state index >= 15 is 0 Å². The van der Waals surface area contributed by atoms with Crippen molar-refractivity contribution in [3.8, 4) is 0 Å². The van der Waals surface area contributed by atoms with Gasteiger partial charge in [0.2, 0.25) is 0 Å². The summed E-state index contributed by atoms with van der Waals surface area (Å²) in [7, 11) is 0. The van der Waals surface area contributed by atoms with Gasteiger partial charge in [0.05, 0.1) is 5.56 Å². The third-order valence-electron chi connectivity index (χ3n) is 3.88. The SMILES string of the molecule is CCCC1CCCN(C(=O)c2ccc(C(=O)O)cc2)C1. The molecule has 1 N–H and O–H groups in total. The van der Waals surface area contributed by atoms with Crippen LogP contribution < -0.4 is 0 Å². The lowest BCUT2D eigenvalue weighted by Gasteiger charge is -2.32. The van der Waals surface area contributed by atoms with Crippen LogP contribution in [0, 0.1) is 5.92 Å². The van der Waals surface area contributed by atoms with Gasteiger partial charge in [-0.3, -0.25) is 4.79 Å². The fourth-order valence-corrected chi connectivity index (χ4v) is 2.83. The van der Waals surface area contributed by atoms with E-state index in [9.17, 15) is 9.59 Å². The highest BCUT2D eigenvalue weighted by atomic mass is 16.4. The molecule has 20 heavy (non-hydrogen) atoms. The molecule has 0 aliphatic carbocycles. The van der Waals surface area contributed by atoms with Crippen molar-refractivity contribution in [1.29, 1.82) is 0 Å². The summed E-state index contributed by atoms with van der Waals surface area (Å²) in [5, 5.41) is 8.86. The zero-order valence-electron chi connectivity index (χ0n) is 11.8. The molecule has 0 saturated carbocycles. The van der Waals surface area contributed by atoms with Gasteiger partial charge in [-0.15, -0.1) is 0 Å². The second-order valence-electron chi connectivity index (χ2n) is 5.43. The number of aromatic carboxylic acids is 1. The van der Waals surface area contributed by atoms with E-state index in [0.29, 0.717) is 11.5 Å². The minimum Gasteiger partial charge on any atom is -0.478 e. The van der Waals surface area contributed by atoms with Gasteiger partial charge in [-0.2, -0.15) is 0 Å². The second kappa shape index (κ2) is 6.55. The third kappa shape index (κ3) is 3.38. The zero-order chi connectivity index (χ0) is 14.5. The quantitative estimate of drug-likeness (QED) is 0.918. The van der Waals surface area contributed by atoms with Gasteiger partial charge in [0.15, 0.2) is 0 Å². The van der Waals surface area contributed by atoms with Crippen molar-refractivity contribution < 1.29 is 14.7 Å². The molecule has 1 fully saturated rings. The van der Waals surface area contributed by atoms with E-state index in [1.54, 1.807) is 12.1 Å². The normalized spacial score (nSPS) is 18.9. The van der Waals surface area contributed by atoms with E-state index in [1.807, 2.05) is 4.90 Å². The van der Waals surface area contributed by atoms with Crippen molar-refractivity contribution in [3.05, 3.63) is 35.4 Å². The fourth-order valence-electron chi connectivity index (χ4n) is 2.83. The Morgan fingerprint density at radius 3 is 2.50 bits per heavy atom. The lowest BCUT2D eigenvalue weighted by atomic mass is 9.93. The summed E-state index contributed by atoms with van der Waals surface area (Å²) in [6.07, 6.45) is 4.58. The molecule has 1 saturated heterocycles. The van der Waals surface area contributed by atoms with E-state index < -0.39 is 5.97 Å². The Bertz CT molecular complexity index is 479. The minimum atomic E-state index is -0.968. The van der Waals surface area contributed by atoms with Crippen LogP contribution in [-0.4, -0.2) is 35.0 Å². The molecular weight excluding hydrogens is 254 g/mol. The number of carbonyl (C=O) groups excluding carboxylic acids is 1. The van der Waals surface area contributed by atoms with Crippen molar-refractivity contribution in [2.45, 2.75) is 32.6 Å². The maximum atomic E-state index is 12.4. The van der Waals surface area contributed by atoms with Crippen molar-refractivity contribution in [2.24, 2.45) is 5.92 Å². The summed E-state index contributed by atoms with van der Waals surface area (Å²) in [5.74, 6) is -0.344. The van der Waals surface area contributed by atoms with Gasteiger partial charge in [0.1, 0.15) is 0 Å². The van der Waals surface area contributed by atoms with Gasteiger partial charge in [0.25, 0.3) is 5.91 Å². The number of amides is 1. The number of carbonyl (C=O) groups is 2. The molecule has 0 bridgehead atoms. The topological polar surface area (TPSA) is 57.6 Å². The fraction of sp³-hybridized carbons (Fsp3) is 0.500. The highest BCUT2D eigenvalue weighted by Gasteiger charge is 2.23. The number of carboxylic acids is 1. The average molecular weight is 275 g/mol. The standard InChI is InChI=1S/C16H21NO3/c1-2-4-12-5-3-10-17(11-12)15(18)13-6-8-14(9-7-13)16(19)20/h6-9,12H,2-5,10-11H2,1H3,(H,19,20). The molecule has 1 aromatic carbocycles. The smallest absolute Gasteiger partial charge is 0.335 e. The molecule has 1 aliphatic rings. The highest BCUT2D eigenvalue weighted by Crippen LogP contribution is 2.22. The Morgan fingerprint density at radius 2 is 1.90 bits per heavy atom. The molecule has 1 atom stereocenters. The van der Waals surface area contributed by atoms with Gasteiger partial charge in [-0.1, -0.05) is 13.3 Å². The first-order chi connectivity index (χ1) is 9.61. The van der Waals surface area contributed by atoms with E-state index in [0.717, 1.165) is 25.9 Å². The molecule has 0 spiro atoms. The van der Waals surface area contributed by atoms with Crippen LogP contribution in [0.4, 0.5) is 0 Å². The maximum absolute atomic E-state index is 12.4. The summed E-state index contributed by atoms with van der Waals surface area (Å²) < 4.78 is 0. The van der Waals surface area contributed by atoms with Gasteiger partial charge < -0.3 is 10.0 Å². The molecule has 4 nitrogen and oxygen atoms in total. The van der Waals surface area contributed by atoms with E-state index in [1.165, 1.54) is 25.0 Å². The predicted molar refractivity (Wildman–Crippen MR) is 76.9 cm³/mol. The molecule has 0 aromatic heterocycles. The first-order valence-corrected chi connectivity index (χ1v) is 7.24. The van der Waals surface area contributed by atoms with Crippen molar-refractivity contribution in [3.63, 3.8) is 0 Å². The summed E-state index contributed by atoms with van der Waals surface area (Å²) in [4.78, 5) is 25.1. The molecule has 108 valence electrons. The number of likely N-dealkylation sites (tertiary alicyclic amines) is 1. The predicted octanol–water partition coefficient (Wildman–Crippen LogP) is 3.04. The van der Waals surface area contributed by atoms with Crippen LogP contribution in [0.2, 0.25) is 0 Å². The number of benzene rings is 1. The third-order valence-corrected chi connectivity index (χ3v) is 3.88. The maximum Gasteiger partial charge on any atom is 0.335 e. The van der Waals surface area contributed by atoms with Crippen LogP contribution >= 0.6 is 0 Å². The molecule has 1 amide bonds. The monoisotopic (exact) mass is 275 g/mol. The Balaban J connectivity index is 2.04. The molecule has 0 radical (unpaired) electrons.